The lowest BCUT2D eigenvalue weighted by Gasteiger charge is -1.78. The van der Waals surface area contributed by atoms with Crippen molar-refractivity contribution in [2.24, 2.45) is 4.99 Å². The third-order valence-corrected chi connectivity index (χ3v) is 0.701. The van der Waals surface area contributed by atoms with E-state index in [0.717, 1.165) is 0 Å². The Kier molecular flexibility index (Phi) is 0.837. The van der Waals surface area contributed by atoms with Crippen LogP contribution in [-0.2, 0) is 4.74 Å². The minimum absolute atomic E-state index is 0.495. The molecule has 1 aliphatic heterocycles. The summed E-state index contributed by atoms with van der Waals surface area (Å²) in [5.41, 5.74) is 0. The molecule has 0 saturated heterocycles. The quantitative estimate of drug-likeness (QED) is 0.411. The summed E-state index contributed by atoms with van der Waals surface area (Å²) in [6.45, 7) is 0.495. The zero-order valence-electron chi connectivity index (χ0n) is 3.05. The molecule has 0 radical (unpaired) electrons. The molecule has 0 aromatic heterocycles. The normalized spacial score (nSPS) is 18.3. The second kappa shape index (κ2) is 1.34. The molecule has 0 bridgehead atoms. The van der Waals surface area contributed by atoms with E-state index in [1.54, 1.807) is 0 Å². The summed E-state index contributed by atoms with van der Waals surface area (Å²) in [5.74, 6) is 0. The molecule has 32 valence electrons. The fourth-order valence-corrected chi connectivity index (χ4v) is 0.353. The van der Waals surface area contributed by atoms with Crippen molar-refractivity contribution in [1.29, 1.82) is 0 Å². The van der Waals surface area contributed by atoms with Crippen LogP contribution >= 0.6 is 12.2 Å². The SMILES string of the molecule is S=C1COC=N1. The number of hydrogen-bond donors (Lipinski definition) is 0. The Morgan fingerprint density at radius 1 is 2.00 bits per heavy atom. The third kappa shape index (κ3) is 0.542. The maximum Gasteiger partial charge on any atom is 0.175 e. The van der Waals surface area contributed by atoms with Gasteiger partial charge in [0.05, 0.1) is 0 Å². The molecule has 0 atom stereocenters. The van der Waals surface area contributed by atoms with Gasteiger partial charge in [-0.3, -0.25) is 0 Å². The van der Waals surface area contributed by atoms with Crippen LogP contribution in [0.15, 0.2) is 4.99 Å². The van der Waals surface area contributed by atoms with Crippen molar-refractivity contribution >= 4 is 23.6 Å². The van der Waals surface area contributed by atoms with Crippen LogP contribution in [0.4, 0.5) is 0 Å². The van der Waals surface area contributed by atoms with E-state index in [4.69, 9.17) is 0 Å². The maximum atomic E-state index is 4.62. The van der Waals surface area contributed by atoms with Gasteiger partial charge < -0.3 is 4.74 Å². The molecule has 0 aromatic rings. The van der Waals surface area contributed by atoms with Crippen molar-refractivity contribution in [3.8, 4) is 0 Å². The second-order valence-electron chi connectivity index (χ2n) is 0.939. The highest BCUT2D eigenvalue weighted by atomic mass is 32.1. The Hall–Kier alpha value is -0.440. The molecule has 0 aromatic carbocycles. The number of hydrogen-bond acceptors (Lipinski definition) is 2. The minimum atomic E-state index is 0.495. The third-order valence-electron chi connectivity index (χ3n) is 0.478. The monoisotopic (exact) mass is 101 g/mol. The first-order chi connectivity index (χ1) is 2.89. The minimum Gasteiger partial charge on any atom is -0.476 e. The summed E-state index contributed by atoms with van der Waals surface area (Å²) >= 11 is 4.60. The van der Waals surface area contributed by atoms with Gasteiger partial charge >= 0.3 is 0 Å². The average Bonchev–Trinajstić information content (AvgIpc) is 1.86. The number of thiocarbonyl (C=S) groups is 1. The van der Waals surface area contributed by atoms with E-state index < -0.39 is 0 Å². The molecule has 1 aliphatic rings. The van der Waals surface area contributed by atoms with Crippen molar-refractivity contribution < 1.29 is 4.74 Å². The van der Waals surface area contributed by atoms with Crippen LogP contribution in [0.2, 0.25) is 0 Å². The van der Waals surface area contributed by atoms with Crippen molar-refractivity contribution in [2.45, 2.75) is 0 Å². The molecule has 2 nitrogen and oxygen atoms in total. The van der Waals surface area contributed by atoms with E-state index in [1.165, 1.54) is 6.40 Å². The molecule has 0 N–H and O–H groups in total. The van der Waals surface area contributed by atoms with Gasteiger partial charge in [-0.1, -0.05) is 12.2 Å². The number of nitrogens with zero attached hydrogens (tertiary/aromatic N) is 1. The molecule has 1 rings (SSSR count). The van der Waals surface area contributed by atoms with Gasteiger partial charge in [0.2, 0.25) is 0 Å². The van der Waals surface area contributed by atoms with Crippen LogP contribution in [0, 0.1) is 0 Å². The first kappa shape index (κ1) is 3.74. The van der Waals surface area contributed by atoms with Crippen molar-refractivity contribution in [3.63, 3.8) is 0 Å². The standard InChI is InChI=1S/C3H3NOS/c6-3-1-5-2-4-3/h2H,1H2. The topological polar surface area (TPSA) is 21.6 Å². The molecule has 0 spiro atoms. The van der Waals surface area contributed by atoms with Gasteiger partial charge in [-0.05, 0) is 0 Å². The molecule has 0 amide bonds. The Bertz CT molecular complexity index is 99.0. The highest BCUT2D eigenvalue weighted by Gasteiger charge is 1.95. The van der Waals surface area contributed by atoms with E-state index in [0.29, 0.717) is 11.6 Å². The van der Waals surface area contributed by atoms with Crippen LogP contribution in [0.5, 0.6) is 0 Å². The van der Waals surface area contributed by atoms with Gasteiger partial charge in [-0.2, -0.15) is 0 Å². The lowest BCUT2D eigenvalue weighted by Crippen LogP contribution is -1.88. The van der Waals surface area contributed by atoms with Crippen molar-refractivity contribution in [1.82, 2.24) is 0 Å². The van der Waals surface area contributed by atoms with E-state index in [9.17, 15) is 0 Å². The van der Waals surface area contributed by atoms with Crippen molar-refractivity contribution in [3.05, 3.63) is 0 Å². The molecule has 0 saturated carbocycles. The van der Waals surface area contributed by atoms with Gasteiger partial charge in [-0.15, -0.1) is 0 Å². The molecule has 0 unspecified atom stereocenters. The number of ether oxygens (including phenoxy) is 1. The van der Waals surface area contributed by atoms with E-state index in [1.807, 2.05) is 0 Å². The zero-order chi connectivity index (χ0) is 4.41. The second-order valence-corrected chi connectivity index (χ2v) is 1.41. The van der Waals surface area contributed by atoms with Crippen LogP contribution in [-0.4, -0.2) is 18.0 Å². The first-order valence-corrected chi connectivity index (χ1v) is 1.97. The maximum absolute atomic E-state index is 4.62. The van der Waals surface area contributed by atoms with E-state index in [-0.39, 0.29) is 0 Å². The molecular weight excluding hydrogens is 98.1 g/mol. The molecular formula is C3H3NOS. The zero-order valence-corrected chi connectivity index (χ0v) is 3.86. The molecule has 1 heterocycles. The predicted molar refractivity (Wildman–Crippen MR) is 27.0 cm³/mol. The average molecular weight is 101 g/mol. The molecule has 3 heteroatoms. The van der Waals surface area contributed by atoms with Gasteiger partial charge in [0, 0.05) is 0 Å². The van der Waals surface area contributed by atoms with Gasteiger partial charge in [-0.25, -0.2) is 4.99 Å². The Balaban J connectivity index is 2.59. The predicted octanol–water partition coefficient (Wildman–Crippen LogP) is 0.372. The van der Waals surface area contributed by atoms with Crippen LogP contribution in [0.3, 0.4) is 0 Å². The highest BCUT2D eigenvalue weighted by Crippen LogP contribution is 1.87. The van der Waals surface area contributed by atoms with Crippen LogP contribution < -0.4 is 0 Å². The van der Waals surface area contributed by atoms with E-state index >= 15 is 0 Å². The van der Waals surface area contributed by atoms with E-state index in [2.05, 4.69) is 21.9 Å². The van der Waals surface area contributed by atoms with Crippen molar-refractivity contribution in [2.75, 3.05) is 6.61 Å². The number of rotatable bonds is 0. The van der Waals surface area contributed by atoms with Gasteiger partial charge in [0.15, 0.2) is 6.40 Å². The van der Waals surface area contributed by atoms with Gasteiger partial charge in [0.1, 0.15) is 11.6 Å². The summed E-state index contributed by atoms with van der Waals surface area (Å²) in [4.78, 5) is 4.25. The van der Waals surface area contributed by atoms with Crippen LogP contribution in [0.1, 0.15) is 0 Å². The lowest BCUT2D eigenvalue weighted by molar-refractivity contribution is 0.398. The Morgan fingerprint density at radius 2 is 2.83 bits per heavy atom. The lowest BCUT2D eigenvalue weighted by atomic mass is 10.7. The Morgan fingerprint density at radius 3 is 3.00 bits per heavy atom. The summed E-state index contributed by atoms with van der Waals surface area (Å²) < 4.78 is 4.62. The highest BCUT2D eigenvalue weighted by molar-refractivity contribution is 7.80. The smallest absolute Gasteiger partial charge is 0.175 e. The molecule has 0 aliphatic carbocycles. The fourth-order valence-electron chi connectivity index (χ4n) is 0.242. The van der Waals surface area contributed by atoms with Gasteiger partial charge in [0.25, 0.3) is 0 Å². The Labute approximate surface area is 40.8 Å². The summed E-state index contributed by atoms with van der Waals surface area (Å²) in [6, 6.07) is 0. The number of aliphatic imine (C=N–C) groups is 1. The fraction of sp³-hybridized carbons (Fsp3) is 0.333. The van der Waals surface area contributed by atoms with Crippen LogP contribution in [0.25, 0.3) is 0 Å². The summed E-state index contributed by atoms with van der Waals surface area (Å²) in [5, 5.41) is 0. The summed E-state index contributed by atoms with van der Waals surface area (Å²) in [6.07, 6.45) is 1.36. The summed E-state index contributed by atoms with van der Waals surface area (Å²) in [7, 11) is 0. The largest absolute Gasteiger partial charge is 0.476 e. The molecule has 6 heavy (non-hydrogen) atoms. The molecule has 0 fully saturated rings. The first-order valence-electron chi connectivity index (χ1n) is 1.56.